The largest absolute Gasteiger partial charge is 0.383 e. The number of nitrogens with zero attached hydrogens (tertiary/aromatic N) is 6. The first-order valence-electron chi connectivity index (χ1n) is 13.8. The van der Waals surface area contributed by atoms with Crippen molar-refractivity contribution in [2.24, 2.45) is 0 Å². The van der Waals surface area contributed by atoms with Gasteiger partial charge in [-0.05, 0) is 61.6 Å². The van der Waals surface area contributed by atoms with E-state index in [-0.39, 0.29) is 62.4 Å². The summed E-state index contributed by atoms with van der Waals surface area (Å²) in [5, 5.41) is 0.212. The van der Waals surface area contributed by atoms with E-state index in [4.69, 9.17) is 5.73 Å². The van der Waals surface area contributed by atoms with Crippen molar-refractivity contribution in [3.05, 3.63) is 77.1 Å². The fourth-order valence-corrected chi connectivity index (χ4v) is 6.62. The second-order valence-electron chi connectivity index (χ2n) is 11.0. The zero-order chi connectivity index (χ0) is 30.6. The van der Waals surface area contributed by atoms with Gasteiger partial charge in [-0.25, -0.2) is 32.1 Å². The lowest BCUT2D eigenvalue weighted by molar-refractivity contribution is -0.126. The number of sulfone groups is 1. The van der Waals surface area contributed by atoms with Crippen LogP contribution in [-0.2, 0) is 14.6 Å². The molecule has 11 nitrogen and oxygen atoms in total. The van der Waals surface area contributed by atoms with Crippen LogP contribution in [0.25, 0.3) is 28.0 Å². The standard InChI is InChI=1S/C30H30FN7O4S/c1-4-24(39)36-13-14-37(17(2)16-36)28-21-15-22(31)25(20-8-6-12-33-27(20)32)34-29(21)38(30(40)35-28)26-19(18-10-11-18)7-5-9-23(26)43(3,41)42/h4-9,12,15,17-18H,1,10-11,13-14,16H2,2-3H3,(H2,32,33)/t17-/m0/s1. The van der Waals surface area contributed by atoms with Gasteiger partial charge in [0.2, 0.25) is 5.91 Å². The van der Waals surface area contributed by atoms with Crippen molar-refractivity contribution < 1.29 is 17.6 Å². The average Bonchev–Trinajstić information content (AvgIpc) is 3.82. The van der Waals surface area contributed by atoms with Crippen LogP contribution in [0.1, 0.15) is 31.2 Å². The fraction of sp³-hybridized carbons (Fsp3) is 0.300. The first-order valence-corrected chi connectivity index (χ1v) is 15.7. The molecule has 1 saturated carbocycles. The Morgan fingerprint density at radius 3 is 2.58 bits per heavy atom. The van der Waals surface area contributed by atoms with Crippen LogP contribution >= 0.6 is 0 Å². The van der Waals surface area contributed by atoms with Gasteiger partial charge in [-0.3, -0.25) is 4.79 Å². The number of hydrogen-bond donors (Lipinski definition) is 1. The third kappa shape index (κ3) is 5.03. The van der Waals surface area contributed by atoms with Gasteiger partial charge in [0.25, 0.3) is 0 Å². The number of piperazine rings is 1. The number of pyridine rings is 2. The highest BCUT2D eigenvalue weighted by molar-refractivity contribution is 7.90. The molecule has 1 aliphatic heterocycles. The lowest BCUT2D eigenvalue weighted by Gasteiger charge is -2.40. The molecule has 4 aromatic rings. The van der Waals surface area contributed by atoms with Crippen molar-refractivity contribution in [1.82, 2.24) is 24.4 Å². The first kappa shape index (κ1) is 28.5. The van der Waals surface area contributed by atoms with Crippen molar-refractivity contribution >= 4 is 38.4 Å². The monoisotopic (exact) mass is 603 g/mol. The maximum Gasteiger partial charge on any atom is 0.355 e. The Kier molecular flexibility index (Phi) is 6.99. The number of carbonyl (C=O) groups excluding carboxylic acids is 1. The van der Waals surface area contributed by atoms with E-state index >= 15 is 4.39 Å². The van der Waals surface area contributed by atoms with E-state index in [1.807, 2.05) is 11.8 Å². The smallest absolute Gasteiger partial charge is 0.355 e. The Bertz CT molecular complexity index is 1970. The molecule has 1 atom stereocenters. The normalized spacial score (nSPS) is 17.3. The number of carbonyl (C=O) groups is 1. The minimum Gasteiger partial charge on any atom is -0.383 e. The Morgan fingerprint density at radius 2 is 1.93 bits per heavy atom. The number of hydrogen-bond acceptors (Lipinski definition) is 9. The number of benzene rings is 1. The number of halogens is 1. The highest BCUT2D eigenvalue weighted by Crippen LogP contribution is 2.45. The summed E-state index contributed by atoms with van der Waals surface area (Å²) in [6.45, 7) is 6.42. The third-order valence-electron chi connectivity index (χ3n) is 7.95. The predicted octanol–water partition coefficient (Wildman–Crippen LogP) is 3.07. The molecule has 2 fully saturated rings. The van der Waals surface area contributed by atoms with Gasteiger partial charge in [0.05, 0.1) is 16.0 Å². The van der Waals surface area contributed by atoms with Gasteiger partial charge < -0.3 is 15.5 Å². The van der Waals surface area contributed by atoms with E-state index in [9.17, 15) is 18.0 Å². The van der Waals surface area contributed by atoms with E-state index in [0.29, 0.717) is 25.2 Å². The summed E-state index contributed by atoms with van der Waals surface area (Å²) in [5.41, 5.74) is 6.29. The molecule has 0 unspecified atom stereocenters. The predicted molar refractivity (Wildman–Crippen MR) is 161 cm³/mol. The summed E-state index contributed by atoms with van der Waals surface area (Å²) in [5.74, 6) is -0.633. The molecule has 1 aromatic carbocycles. The minimum atomic E-state index is -3.80. The molecule has 2 aliphatic rings. The van der Waals surface area contributed by atoms with E-state index in [0.717, 1.165) is 19.1 Å². The molecule has 2 N–H and O–H groups in total. The highest BCUT2D eigenvalue weighted by Gasteiger charge is 2.34. The van der Waals surface area contributed by atoms with Crippen LogP contribution < -0.4 is 16.3 Å². The van der Waals surface area contributed by atoms with Gasteiger partial charge in [0.1, 0.15) is 17.3 Å². The number of anilines is 2. The van der Waals surface area contributed by atoms with E-state index in [1.54, 1.807) is 29.2 Å². The van der Waals surface area contributed by atoms with Crippen LogP contribution in [0.4, 0.5) is 16.0 Å². The van der Waals surface area contributed by atoms with Crippen LogP contribution in [0.15, 0.2) is 64.9 Å². The zero-order valence-electron chi connectivity index (χ0n) is 23.7. The van der Waals surface area contributed by atoms with E-state index < -0.39 is 21.3 Å². The third-order valence-corrected chi connectivity index (χ3v) is 9.08. The molecule has 1 amide bonds. The van der Waals surface area contributed by atoms with Crippen molar-refractivity contribution in [2.75, 3.05) is 36.5 Å². The number of fused-ring (bicyclic) bond motifs is 1. The van der Waals surface area contributed by atoms with Crippen molar-refractivity contribution in [1.29, 1.82) is 0 Å². The summed E-state index contributed by atoms with van der Waals surface area (Å²) in [6.07, 6.45) is 5.47. The first-order chi connectivity index (χ1) is 20.5. The Morgan fingerprint density at radius 1 is 1.16 bits per heavy atom. The van der Waals surface area contributed by atoms with Gasteiger partial charge in [0, 0.05) is 43.7 Å². The van der Waals surface area contributed by atoms with Crippen molar-refractivity contribution in [2.45, 2.75) is 36.6 Å². The molecular formula is C30H30FN7O4S. The van der Waals surface area contributed by atoms with Gasteiger partial charge in [-0.1, -0.05) is 18.7 Å². The molecule has 222 valence electrons. The Balaban J connectivity index is 1.67. The molecule has 0 radical (unpaired) electrons. The second-order valence-corrected chi connectivity index (χ2v) is 12.9. The van der Waals surface area contributed by atoms with Crippen LogP contribution in [-0.4, -0.2) is 70.7 Å². The highest BCUT2D eigenvalue weighted by atomic mass is 32.2. The molecule has 13 heteroatoms. The molecule has 0 spiro atoms. The number of nitrogen functional groups attached to an aromatic ring is 1. The number of amides is 1. The van der Waals surface area contributed by atoms with Crippen LogP contribution in [0.5, 0.6) is 0 Å². The maximum atomic E-state index is 15.9. The van der Waals surface area contributed by atoms with Crippen LogP contribution in [0, 0.1) is 5.82 Å². The quantitative estimate of drug-likeness (QED) is 0.329. The lowest BCUT2D eigenvalue weighted by Crippen LogP contribution is -2.54. The molecule has 1 aliphatic carbocycles. The number of para-hydroxylation sites is 1. The fourth-order valence-electron chi connectivity index (χ4n) is 5.74. The van der Waals surface area contributed by atoms with Crippen LogP contribution in [0.2, 0.25) is 0 Å². The number of rotatable bonds is 6. The minimum absolute atomic E-state index is 0.0319. The topological polar surface area (TPSA) is 144 Å². The van der Waals surface area contributed by atoms with Gasteiger partial charge in [0.15, 0.2) is 21.3 Å². The summed E-state index contributed by atoms with van der Waals surface area (Å²) >= 11 is 0. The molecule has 43 heavy (non-hydrogen) atoms. The van der Waals surface area contributed by atoms with E-state index in [1.165, 1.54) is 29.0 Å². The van der Waals surface area contributed by atoms with Crippen molar-refractivity contribution in [3.8, 4) is 16.9 Å². The average molecular weight is 604 g/mol. The summed E-state index contributed by atoms with van der Waals surface area (Å²) < 4.78 is 43.2. The number of nitrogens with two attached hydrogens (primary N) is 1. The SMILES string of the molecule is C=CC(=O)N1CCN(c2nc(=O)n(-c3c(C4CC4)cccc3S(C)(=O)=O)c3nc(-c4cccnc4N)c(F)cc23)[C@@H](C)C1. The van der Waals surface area contributed by atoms with E-state index in [2.05, 4.69) is 21.5 Å². The number of aromatic nitrogens is 4. The Hall–Kier alpha value is -4.65. The zero-order valence-corrected chi connectivity index (χ0v) is 24.5. The summed E-state index contributed by atoms with van der Waals surface area (Å²) in [7, 11) is -3.80. The molecular weight excluding hydrogens is 573 g/mol. The van der Waals surface area contributed by atoms with Crippen molar-refractivity contribution in [3.63, 3.8) is 0 Å². The molecule has 3 aromatic heterocycles. The molecule has 4 heterocycles. The second kappa shape index (κ2) is 10.6. The van der Waals surface area contributed by atoms with Gasteiger partial charge in [-0.2, -0.15) is 4.98 Å². The maximum absolute atomic E-state index is 15.9. The Labute approximate surface area is 247 Å². The molecule has 6 rings (SSSR count). The summed E-state index contributed by atoms with van der Waals surface area (Å²) in [4.78, 5) is 42.9. The van der Waals surface area contributed by atoms with Gasteiger partial charge >= 0.3 is 5.69 Å². The molecule has 0 bridgehead atoms. The molecule has 1 saturated heterocycles. The summed E-state index contributed by atoms with van der Waals surface area (Å²) in [6, 6.07) is 9.03. The lowest BCUT2D eigenvalue weighted by atomic mass is 10.1. The van der Waals surface area contributed by atoms with Crippen LogP contribution in [0.3, 0.4) is 0 Å². The van der Waals surface area contributed by atoms with Gasteiger partial charge in [-0.15, -0.1) is 0 Å².